The normalized spacial score (nSPS) is 14.5. The Bertz CT molecular complexity index is 848. The third-order valence-corrected chi connectivity index (χ3v) is 5.76. The van der Waals surface area contributed by atoms with E-state index in [1.165, 1.54) is 4.88 Å². The Kier molecular flexibility index (Phi) is 7.24. The summed E-state index contributed by atoms with van der Waals surface area (Å²) in [6.07, 6.45) is 0.986. The molecule has 0 radical (unpaired) electrons. The second kappa shape index (κ2) is 10.1. The van der Waals surface area contributed by atoms with Crippen molar-refractivity contribution in [3.63, 3.8) is 0 Å². The van der Waals surface area contributed by atoms with E-state index in [9.17, 15) is 9.59 Å². The van der Waals surface area contributed by atoms with Crippen molar-refractivity contribution in [2.45, 2.75) is 13.0 Å². The molecule has 7 nitrogen and oxygen atoms in total. The van der Waals surface area contributed by atoms with Gasteiger partial charge in [0.15, 0.2) is 5.96 Å². The molecule has 0 bridgehead atoms. The monoisotopic (exact) mass is 413 g/mol. The molecule has 1 saturated heterocycles. The van der Waals surface area contributed by atoms with Crippen molar-refractivity contribution in [2.75, 3.05) is 40.3 Å². The molecule has 3 rings (SSSR count). The summed E-state index contributed by atoms with van der Waals surface area (Å²) in [5.41, 5.74) is 1.66. The predicted molar refractivity (Wildman–Crippen MR) is 116 cm³/mol. The van der Waals surface area contributed by atoms with Crippen molar-refractivity contribution in [3.05, 3.63) is 57.8 Å². The molecule has 0 saturated carbocycles. The van der Waals surface area contributed by atoms with E-state index in [2.05, 4.69) is 38.0 Å². The maximum Gasteiger partial charge on any atom is 0.254 e. The summed E-state index contributed by atoms with van der Waals surface area (Å²) in [6.45, 7) is 2.68. The molecule has 0 aliphatic carbocycles. The van der Waals surface area contributed by atoms with Crippen LogP contribution in [0.4, 0.5) is 0 Å². The number of thiophene rings is 1. The first-order chi connectivity index (χ1) is 14.1. The summed E-state index contributed by atoms with van der Waals surface area (Å²) in [4.78, 5) is 33.4. The van der Waals surface area contributed by atoms with Gasteiger partial charge < -0.3 is 20.4 Å². The number of guanidine groups is 1. The molecule has 1 fully saturated rings. The zero-order valence-electron chi connectivity index (χ0n) is 16.9. The van der Waals surface area contributed by atoms with Gasteiger partial charge in [-0.05, 0) is 35.6 Å². The second-order valence-corrected chi connectivity index (χ2v) is 7.96. The van der Waals surface area contributed by atoms with Gasteiger partial charge >= 0.3 is 0 Å². The van der Waals surface area contributed by atoms with E-state index in [0.717, 1.165) is 24.5 Å². The minimum absolute atomic E-state index is 0.108. The number of hydrogen-bond donors (Lipinski definition) is 2. The summed E-state index contributed by atoms with van der Waals surface area (Å²) in [7, 11) is 3.81. The maximum atomic E-state index is 12.5. The van der Waals surface area contributed by atoms with Crippen molar-refractivity contribution in [1.29, 1.82) is 0 Å². The Hall–Kier alpha value is -2.87. The topological polar surface area (TPSA) is 77.0 Å². The molecule has 29 heavy (non-hydrogen) atoms. The van der Waals surface area contributed by atoms with Gasteiger partial charge in [0.2, 0.25) is 5.91 Å². The van der Waals surface area contributed by atoms with Gasteiger partial charge in [0, 0.05) is 50.7 Å². The first-order valence-corrected chi connectivity index (χ1v) is 10.5. The highest BCUT2D eigenvalue weighted by molar-refractivity contribution is 7.09. The lowest BCUT2D eigenvalue weighted by molar-refractivity contribution is -0.123. The predicted octanol–water partition coefficient (Wildman–Crippen LogP) is 1.57. The minimum atomic E-state index is -0.111. The number of carbonyl (C=O) groups excluding carboxylic acids is 2. The summed E-state index contributed by atoms with van der Waals surface area (Å²) < 4.78 is 0. The van der Waals surface area contributed by atoms with Crippen LogP contribution in [0.1, 0.15) is 20.8 Å². The third-order valence-electron chi connectivity index (χ3n) is 4.82. The van der Waals surface area contributed by atoms with Crippen molar-refractivity contribution >= 4 is 29.1 Å². The largest absolute Gasteiger partial charge is 0.353 e. The Morgan fingerprint density at radius 3 is 2.76 bits per heavy atom. The van der Waals surface area contributed by atoms with Crippen LogP contribution >= 0.6 is 11.3 Å². The Morgan fingerprint density at radius 1 is 1.31 bits per heavy atom. The summed E-state index contributed by atoms with van der Waals surface area (Å²) >= 11 is 1.77. The summed E-state index contributed by atoms with van der Waals surface area (Å²) in [5.74, 6) is 0.615. The van der Waals surface area contributed by atoms with Gasteiger partial charge in [0.05, 0.1) is 6.54 Å². The molecule has 1 aromatic heterocycles. The molecule has 154 valence electrons. The first-order valence-electron chi connectivity index (χ1n) is 9.66. The maximum absolute atomic E-state index is 12.5. The van der Waals surface area contributed by atoms with Crippen LogP contribution in [0.15, 0.2) is 46.8 Å². The first kappa shape index (κ1) is 20.9. The number of nitrogens with one attached hydrogen (secondary N) is 2. The zero-order valence-corrected chi connectivity index (χ0v) is 17.7. The van der Waals surface area contributed by atoms with Gasteiger partial charge in [0.1, 0.15) is 0 Å². The van der Waals surface area contributed by atoms with E-state index in [1.807, 2.05) is 31.3 Å². The molecule has 0 atom stereocenters. The molecule has 2 heterocycles. The van der Waals surface area contributed by atoms with E-state index in [4.69, 9.17) is 0 Å². The number of benzene rings is 1. The van der Waals surface area contributed by atoms with Crippen LogP contribution < -0.4 is 10.6 Å². The minimum Gasteiger partial charge on any atom is -0.353 e. The van der Waals surface area contributed by atoms with Gasteiger partial charge in [-0.1, -0.05) is 18.2 Å². The number of amides is 2. The fourth-order valence-electron chi connectivity index (χ4n) is 3.16. The van der Waals surface area contributed by atoms with Gasteiger partial charge in [0.25, 0.3) is 5.91 Å². The molecule has 0 spiro atoms. The van der Waals surface area contributed by atoms with E-state index < -0.39 is 0 Å². The Morgan fingerprint density at radius 2 is 2.10 bits per heavy atom. The number of aliphatic imine (C=N–C) groups is 1. The molecule has 0 unspecified atom stereocenters. The van der Waals surface area contributed by atoms with Crippen LogP contribution in [0, 0.1) is 0 Å². The van der Waals surface area contributed by atoms with Crippen molar-refractivity contribution in [2.24, 2.45) is 4.99 Å². The van der Waals surface area contributed by atoms with Crippen molar-refractivity contribution in [3.8, 4) is 0 Å². The Balaban J connectivity index is 1.50. The molecule has 2 N–H and O–H groups in total. The van der Waals surface area contributed by atoms with E-state index in [1.54, 1.807) is 23.3 Å². The van der Waals surface area contributed by atoms with Crippen LogP contribution in [0.2, 0.25) is 0 Å². The SMILES string of the molecule is CN=C(NCc1ccc(C(=O)N2CCNC(=O)C2)cc1)N(C)CCc1cccs1. The molecule has 1 aromatic carbocycles. The Labute approximate surface area is 175 Å². The van der Waals surface area contributed by atoms with E-state index in [-0.39, 0.29) is 18.4 Å². The lowest BCUT2D eigenvalue weighted by atomic mass is 10.1. The zero-order chi connectivity index (χ0) is 20.6. The number of hydrogen-bond acceptors (Lipinski definition) is 4. The smallest absolute Gasteiger partial charge is 0.254 e. The molecule has 1 aliphatic heterocycles. The number of nitrogens with zero attached hydrogens (tertiary/aromatic N) is 3. The second-order valence-electron chi connectivity index (χ2n) is 6.93. The average molecular weight is 414 g/mol. The fourth-order valence-corrected chi connectivity index (χ4v) is 3.86. The van der Waals surface area contributed by atoms with E-state index in [0.29, 0.717) is 25.2 Å². The van der Waals surface area contributed by atoms with Crippen LogP contribution in [0.25, 0.3) is 0 Å². The highest BCUT2D eigenvalue weighted by Gasteiger charge is 2.22. The van der Waals surface area contributed by atoms with Crippen LogP contribution in [0.5, 0.6) is 0 Å². The van der Waals surface area contributed by atoms with Gasteiger partial charge in [-0.2, -0.15) is 0 Å². The highest BCUT2D eigenvalue weighted by Crippen LogP contribution is 2.11. The van der Waals surface area contributed by atoms with Crippen LogP contribution in [0.3, 0.4) is 0 Å². The summed E-state index contributed by atoms with van der Waals surface area (Å²) in [5, 5.41) is 8.19. The molecule has 2 aromatic rings. The molecular weight excluding hydrogens is 386 g/mol. The van der Waals surface area contributed by atoms with Crippen molar-refractivity contribution in [1.82, 2.24) is 20.4 Å². The van der Waals surface area contributed by atoms with Gasteiger partial charge in [-0.25, -0.2) is 0 Å². The average Bonchev–Trinajstić information content (AvgIpc) is 3.26. The van der Waals surface area contributed by atoms with Crippen LogP contribution in [-0.4, -0.2) is 67.8 Å². The summed E-state index contributed by atoms with van der Waals surface area (Å²) in [6, 6.07) is 11.7. The quantitative estimate of drug-likeness (QED) is 0.557. The standard InChI is InChI=1S/C21H27N5O2S/c1-22-21(25(2)11-9-18-4-3-13-29-18)24-14-16-5-7-17(8-6-16)20(28)26-12-10-23-19(27)15-26/h3-8,13H,9-12,14-15H2,1-2H3,(H,22,24)(H,23,27). The number of piperazine rings is 1. The number of likely N-dealkylation sites (N-methyl/N-ethyl adjacent to an activating group) is 1. The lowest BCUT2D eigenvalue weighted by Crippen LogP contribution is -2.49. The van der Waals surface area contributed by atoms with Crippen LogP contribution in [-0.2, 0) is 17.8 Å². The molecule has 8 heteroatoms. The third kappa shape index (κ3) is 5.80. The van der Waals surface area contributed by atoms with Gasteiger partial charge in [-0.15, -0.1) is 11.3 Å². The molecule has 1 aliphatic rings. The fraction of sp³-hybridized carbons (Fsp3) is 0.381. The number of rotatable bonds is 6. The lowest BCUT2D eigenvalue weighted by Gasteiger charge is -2.26. The van der Waals surface area contributed by atoms with E-state index >= 15 is 0 Å². The van der Waals surface area contributed by atoms with Gasteiger partial charge in [-0.3, -0.25) is 14.6 Å². The molecule has 2 amide bonds. The molecular formula is C21H27N5O2S. The number of carbonyl (C=O) groups is 2. The highest BCUT2D eigenvalue weighted by atomic mass is 32.1. The van der Waals surface area contributed by atoms with Crippen molar-refractivity contribution < 1.29 is 9.59 Å².